The van der Waals surface area contributed by atoms with Crippen LogP contribution in [0.25, 0.3) is 0 Å². The van der Waals surface area contributed by atoms with Crippen molar-refractivity contribution in [1.82, 2.24) is 10.6 Å². The SMILES string of the molecule is CCCOc1ccc(C(C)NC(=O)NCc2ccc(C(=O)O)cc2)cc1OC. The van der Waals surface area contributed by atoms with E-state index in [1.165, 1.54) is 12.1 Å². The average Bonchev–Trinajstić information content (AvgIpc) is 2.70. The number of carbonyl (C=O) groups excluding carboxylic acids is 1. The van der Waals surface area contributed by atoms with Crippen molar-refractivity contribution in [1.29, 1.82) is 0 Å². The van der Waals surface area contributed by atoms with Gasteiger partial charge in [-0.25, -0.2) is 9.59 Å². The molecule has 0 spiro atoms. The van der Waals surface area contributed by atoms with Gasteiger partial charge in [-0.1, -0.05) is 25.1 Å². The number of aromatic carboxylic acids is 1. The van der Waals surface area contributed by atoms with E-state index in [0.29, 0.717) is 24.7 Å². The molecular formula is C21H26N2O5. The van der Waals surface area contributed by atoms with Crippen molar-refractivity contribution in [2.45, 2.75) is 32.9 Å². The quantitative estimate of drug-likeness (QED) is 0.610. The van der Waals surface area contributed by atoms with Crippen LogP contribution in [0.2, 0.25) is 0 Å². The predicted molar refractivity (Wildman–Crippen MR) is 106 cm³/mol. The number of carboxylic acids is 1. The molecule has 0 aliphatic rings. The average molecular weight is 386 g/mol. The van der Waals surface area contributed by atoms with Crippen molar-refractivity contribution in [3.8, 4) is 11.5 Å². The minimum absolute atomic E-state index is 0.210. The molecular weight excluding hydrogens is 360 g/mol. The first-order valence-corrected chi connectivity index (χ1v) is 9.12. The monoisotopic (exact) mass is 386 g/mol. The van der Waals surface area contributed by atoms with Crippen LogP contribution in [0.15, 0.2) is 42.5 Å². The van der Waals surface area contributed by atoms with Gasteiger partial charge in [0.15, 0.2) is 11.5 Å². The van der Waals surface area contributed by atoms with E-state index in [-0.39, 0.29) is 17.6 Å². The molecule has 7 nitrogen and oxygen atoms in total. The van der Waals surface area contributed by atoms with Crippen LogP contribution in [0.3, 0.4) is 0 Å². The maximum absolute atomic E-state index is 12.2. The number of hydrogen-bond donors (Lipinski definition) is 3. The Kier molecular flexibility index (Phi) is 7.68. The molecule has 7 heteroatoms. The Bertz CT molecular complexity index is 805. The molecule has 2 amide bonds. The van der Waals surface area contributed by atoms with Gasteiger partial charge in [0, 0.05) is 6.54 Å². The molecule has 2 aromatic rings. The highest BCUT2D eigenvalue weighted by Crippen LogP contribution is 2.30. The molecule has 1 atom stereocenters. The number of carboxylic acid groups (broad SMARTS) is 1. The molecule has 0 saturated heterocycles. The third-order valence-corrected chi connectivity index (χ3v) is 4.15. The number of rotatable bonds is 9. The van der Waals surface area contributed by atoms with Gasteiger partial charge in [0.2, 0.25) is 0 Å². The third-order valence-electron chi connectivity index (χ3n) is 4.15. The minimum Gasteiger partial charge on any atom is -0.493 e. The summed E-state index contributed by atoms with van der Waals surface area (Å²) in [6.07, 6.45) is 0.905. The molecule has 0 fully saturated rings. The molecule has 0 saturated carbocycles. The zero-order valence-corrected chi connectivity index (χ0v) is 16.3. The summed E-state index contributed by atoms with van der Waals surface area (Å²) >= 11 is 0. The van der Waals surface area contributed by atoms with Crippen LogP contribution in [0.5, 0.6) is 11.5 Å². The second-order valence-corrected chi connectivity index (χ2v) is 6.31. The van der Waals surface area contributed by atoms with E-state index in [2.05, 4.69) is 10.6 Å². The van der Waals surface area contributed by atoms with Crippen molar-refractivity contribution in [3.63, 3.8) is 0 Å². The molecule has 0 aromatic heterocycles. The highest BCUT2D eigenvalue weighted by molar-refractivity contribution is 5.87. The van der Waals surface area contributed by atoms with Gasteiger partial charge in [0.05, 0.1) is 25.3 Å². The summed E-state index contributed by atoms with van der Waals surface area (Å²) in [4.78, 5) is 23.0. The number of urea groups is 1. The van der Waals surface area contributed by atoms with Crippen LogP contribution in [0.4, 0.5) is 4.79 Å². The van der Waals surface area contributed by atoms with Gasteiger partial charge in [-0.05, 0) is 48.7 Å². The number of ether oxygens (including phenoxy) is 2. The number of amides is 2. The lowest BCUT2D eigenvalue weighted by molar-refractivity contribution is 0.0697. The lowest BCUT2D eigenvalue weighted by atomic mass is 10.1. The van der Waals surface area contributed by atoms with E-state index >= 15 is 0 Å². The maximum atomic E-state index is 12.2. The van der Waals surface area contributed by atoms with E-state index in [0.717, 1.165) is 17.5 Å². The Morgan fingerprint density at radius 2 is 1.82 bits per heavy atom. The van der Waals surface area contributed by atoms with Crippen LogP contribution in [0, 0.1) is 0 Å². The van der Waals surface area contributed by atoms with E-state index in [4.69, 9.17) is 14.6 Å². The van der Waals surface area contributed by atoms with Crippen molar-refractivity contribution < 1.29 is 24.2 Å². The first kappa shape index (κ1) is 21.1. The summed E-state index contributed by atoms with van der Waals surface area (Å²) in [5.74, 6) is 0.320. The van der Waals surface area contributed by atoms with Crippen molar-refractivity contribution in [2.24, 2.45) is 0 Å². The van der Waals surface area contributed by atoms with E-state index in [1.807, 2.05) is 32.0 Å². The standard InChI is InChI=1S/C21H26N2O5/c1-4-11-28-18-10-9-17(12-19(18)27-3)14(2)23-21(26)22-13-15-5-7-16(8-6-15)20(24)25/h5-10,12,14H,4,11,13H2,1-3H3,(H,24,25)(H2,22,23,26). The highest BCUT2D eigenvalue weighted by atomic mass is 16.5. The second-order valence-electron chi connectivity index (χ2n) is 6.31. The summed E-state index contributed by atoms with van der Waals surface area (Å²) < 4.78 is 11.0. The Morgan fingerprint density at radius 1 is 1.11 bits per heavy atom. The normalized spacial score (nSPS) is 11.4. The molecule has 0 bridgehead atoms. The molecule has 3 N–H and O–H groups in total. The molecule has 150 valence electrons. The topological polar surface area (TPSA) is 96.9 Å². The molecule has 1 unspecified atom stereocenters. The van der Waals surface area contributed by atoms with Gasteiger partial charge in [0.25, 0.3) is 0 Å². The molecule has 2 aromatic carbocycles. The first-order valence-electron chi connectivity index (χ1n) is 9.12. The summed E-state index contributed by atoms with van der Waals surface area (Å²) in [6, 6.07) is 11.4. The number of methoxy groups -OCH3 is 1. The number of hydrogen-bond acceptors (Lipinski definition) is 4. The summed E-state index contributed by atoms with van der Waals surface area (Å²) in [6.45, 7) is 4.82. The second kappa shape index (κ2) is 10.2. The van der Waals surface area contributed by atoms with Crippen molar-refractivity contribution in [3.05, 3.63) is 59.2 Å². The summed E-state index contributed by atoms with van der Waals surface area (Å²) in [5.41, 5.74) is 1.91. The van der Waals surface area contributed by atoms with Crippen LogP contribution < -0.4 is 20.1 Å². The molecule has 0 radical (unpaired) electrons. The maximum Gasteiger partial charge on any atom is 0.335 e. The predicted octanol–water partition coefficient (Wildman–Crippen LogP) is 3.74. The molecule has 28 heavy (non-hydrogen) atoms. The third kappa shape index (κ3) is 5.90. The van der Waals surface area contributed by atoms with Gasteiger partial charge in [-0.2, -0.15) is 0 Å². The van der Waals surface area contributed by atoms with Gasteiger partial charge < -0.3 is 25.2 Å². The van der Waals surface area contributed by atoms with Crippen molar-refractivity contribution in [2.75, 3.05) is 13.7 Å². The Hall–Kier alpha value is -3.22. The highest BCUT2D eigenvalue weighted by Gasteiger charge is 2.13. The lowest BCUT2D eigenvalue weighted by Crippen LogP contribution is -2.36. The molecule has 0 aliphatic carbocycles. The molecule has 0 heterocycles. The zero-order chi connectivity index (χ0) is 20.5. The number of benzene rings is 2. The molecule has 0 aliphatic heterocycles. The number of nitrogens with one attached hydrogen (secondary N) is 2. The molecule has 2 rings (SSSR count). The Labute approximate surface area is 164 Å². The fourth-order valence-corrected chi connectivity index (χ4v) is 2.56. The van der Waals surface area contributed by atoms with Gasteiger partial charge in [0.1, 0.15) is 0 Å². The van der Waals surface area contributed by atoms with Gasteiger partial charge in [-0.15, -0.1) is 0 Å². The van der Waals surface area contributed by atoms with E-state index in [9.17, 15) is 9.59 Å². The fraction of sp³-hybridized carbons (Fsp3) is 0.333. The van der Waals surface area contributed by atoms with Crippen molar-refractivity contribution >= 4 is 12.0 Å². The summed E-state index contributed by atoms with van der Waals surface area (Å²) in [5, 5.41) is 14.5. The minimum atomic E-state index is -0.979. The van der Waals surface area contributed by atoms with Gasteiger partial charge >= 0.3 is 12.0 Å². The Balaban J connectivity index is 1.91. The first-order chi connectivity index (χ1) is 13.4. The fourth-order valence-electron chi connectivity index (χ4n) is 2.56. The Morgan fingerprint density at radius 3 is 2.43 bits per heavy atom. The smallest absolute Gasteiger partial charge is 0.335 e. The largest absolute Gasteiger partial charge is 0.493 e. The lowest BCUT2D eigenvalue weighted by Gasteiger charge is -2.17. The van der Waals surface area contributed by atoms with E-state index < -0.39 is 5.97 Å². The van der Waals surface area contributed by atoms with E-state index in [1.54, 1.807) is 19.2 Å². The number of carbonyl (C=O) groups is 2. The van der Waals surface area contributed by atoms with Gasteiger partial charge in [-0.3, -0.25) is 0 Å². The zero-order valence-electron chi connectivity index (χ0n) is 16.3. The van der Waals surface area contributed by atoms with Crippen LogP contribution in [0.1, 0.15) is 47.8 Å². The summed E-state index contributed by atoms with van der Waals surface area (Å²) in [7, 11) is 1.58. The van der Waals surface area contributed by atoms with Crippen LogP contribution in [-0.2, 0) is 6.54 Å². The van der Waals surface area contributed by atoms with Crippen LogP contribution >= 0.6 is 0 Å². The van der Waals surface area contributed by atoms with Crippen LogP contribution in [-0.4, -0.2) is 30.8 Å².